The van der Waals surface area contributed by atoms with E-state index in [4.69, 9.17) is 18.9 Å². The van der Waals surface area contributed by atoms with Gasteiger partial charge in [0.05, 0.1) is 29.5 Å². The number of nitrogens with zero attached hydrogens (tertiary/aromatic N) is 2. The van der Waals surface area contributed by atoms with Crippen LogP contribution in [0.3, 0.4) is 0 Å². The molecule has 1 saturated heterocycles. The summed E-state index contributed by atoms with van der Waals surface area (Å²) >= 11 is 0. The molecular formula is C45H43N3O11. The minimum Gasteiger partial charge on any atom is -0.508 e. The zero-order valence-electron chi connectivity index (χ0n) is 32.2. The van der Waals surface area contributed by atoms with E-state index >= 15 is 0 Å². The number of aliphatic hydroxyl groups excluding tert-OH is 1. The van der Waals surface area contributed by atoms with Crippen molar-refractivity contribution in [2.45, 2.75) is 56.3 Å². The highest BCUT2D eigenvalue weighted by atomic mass is 16.6. The van der Waals surface area contributed by atoms with Crippen molar-refractivity contribution in [1.82, 2.24) is 10.2 Å². The first-order valence-corrected chi connectivity index (χ1v) is 20.1. The Bertz CT molecular complexity index is 2410. The van der Waals surface area contributed by atoms with Crippen LogP contribution in [0.15, 0.2) is 78.0 Å². The highest BCUT2D eigenvalue weighted by Gasteiger charge is 2.60. The van der Waals surface area contributed by atoms with Crippen LogP contribution in [0.25, 0.3) is 0 Å². The first-order valence-electron chi connectivity index (χ1n) is 20.1. The van der Waals surface area contributed by atoms with Crippen LogP contribution in [0.2, 0.25) is 0 Å². The number of oxime groups is 1. The van der Waals surface area contributed by atoms with E-state index in [1.165, 1.54) is 36.4 Å². The Hall–Kier alpha value is -5.96. The molecule has 304 valence electrons. The van der Waals surface area contributed by atoms with Crippen molar-refractivity contribution in [1.29, 1.82) is 0 Å². The molecule has 14 nitrogen and oxygen atoms in total. The number of esters is 3. The third-order valence-electron chi connectivity index (χ3n) is 13.7. The van der Waals surface area contributed by atoms with Crippen LogP contribution in [0.4, 0.5) is 0 Å². The van der Waals surface area contributed by atoms with E-state index in [-0.39, 0.29) is 64.4 Å². The van der Waals surface area contributed by atoms with E-state index in [1.54, 1.807) is 30.3 Å². The van der Waals surface area contributed by atoms with E-state index in [1.807, 2.05) is 17.9 Å². The molecule has 3 fully saturated rings. The molecule has 3 aliphatic carbocycles. The molecule has 6 atom stereocenters. The molecule has 14 heteroatoms. The summed E-state index contributed by atoms with van der Waals surface area (Å²) in [6.45, 7) is 5.42. The van der Waals surface area contributed by atoms with E-state index in [0.29, 0.717) is 47.4 Å². The average molecular weight is 802 g/mol. The number of benzene rings is 4. The summed E-state index contributed by atoms with van der Waals surface area (Å²) in [6, 6.07) is 19.0. The van der Waals surface area contributed by atoms with Gasteiger partial charge in [-0.1, -0.05) is 18.1 Å². The van der Waals surface area contributed by atoms with Crippen LogP contribution in [-0.2, 0) is 19.9 Å². The fraction of sp³-hybridized carbons (Fsp3) is 0.378. The second-order valence-corrected chi connectivity index (χ2v) is 16.8. The molecule has 6 aliphatic rings. The summed E-state index contributed by atoms with van der Waals surface area (Å²) in [5.74, 6) is -0.994. The smallest absolute Gasteiger partial charge is 0.340 e. The average Bonchev–Trinajstić information content (AvgIpc) is 3.66. The number of fused-ring (bicyclic) bond motifs is 11. The molecule has 0 unspecified atom stereocenters. The van der Waals surface area contributed by atoms with Gasteiger partial charge in [-0.2, -0.15) is 0 Å². The van der Waals surface area contributed by atoms with Gasteiger partial charge < -0.3 is 44.8 Å². The predicted molar refractivity (Wildman–Crippen MR) is 209 cm³/mol. The first kappa shape index (κ1) is 37.3. The number of carbonyl (C=O) groups is 3. The Balaban J connectivity index is 0.906. The lowest BCUT2D eigenvalue weighted by Gasteiger charge is -2.49. The second-order valence-electron chi connectivity index (χ2n) is 16.8. The Labute approximate surface area is 339 Å². The second kappa shape index (κ2) is 13.8. The minimum absolute atomic E-state index is 0.0119. The summed E-state index contributed by atoms with van der Waals surface area (Å²) in [5.41, 5.74) is 1.65. The standard InChI is InChI=1S/C45H43N3O11/c1-44-11-10-28-27-7-5-26(56-40(51)22-48-14-12-46-13-15-48)19-31(27)36(47-55)20-30(28)34(44)21-39(41(44)52)58-42(53)23-2-6-29-35(16-23)45(59-43(29)54)32-8-3-24(49)17-37(32)57-38-18-25(50)4-9-33(38)45/h2-9,16-19,28,30,34,39,41,46,49-50,52,55H,10-15,20-22H2,1H3/t28-,30-,34+,39-,41+,44+/m1/s1. The van der Waals surface area contributed by atoms with E-state index in [2.05, 4.69) is 10.5 Å². The van der Waals surface area contributed by atoms with Crippen molar-refractivity contribution >= 4 is 23.6 Å². The van der Waals surface area contributed by atoms with E-state index < -0.39 is 35.2 Å². The van der Waals surface area contributed by atoms with Crippen LogP contribution in [0, 0.1) is 17.3 Å². The number of hydrogen-bond acceptors (Lipinski definition) is 14. The molecule has 2 saturated carbocycles. The first-order chi connectivity index (χ1) is 28.5. The Morgan fingerprint density at radius 3 is 2.37 bits per heavy atom. The van der Waals surface area contributed by atoms with Crippen molar-refractivity contribution < 1.29 is 53.9 Å². The largest absolute Gasteiger partial charge is 0.508 e. The number of piperazine rings is 1. The van der Waals surface area contributed by atoms with Gasteiger partial charge in [-0.15, -0.1) is 0 Å². The highest BCUT2D eigenvalue weighted by Crippen LogP contribution is 2.62. The summed E-state index contributed by atoms with van der Waals surface area (Å²) < 4.78 is 24.1. The van der Waals surface area contributed by atoms with Gasteiger partial charge in [-0.25, -0.2) is 9.59 Å². The summed E-state index contributed by atoms with van der Waals surface area (Å²) in [7, 11) is 0. The fourth-order valence-corrected chi connectivity index (χ4v) is 10.9. The molecule has 0 radical (unpaired) electrons. The van der Waals surface area contributed by atoms with Gasteiger partial charge in [0, 0.05) is 66.0 Å². The quantitative estimate of drug-likeness (QED) is 0.0769. The topological polar surface area (TPSA) is 197 Å². The molecule has 59 heavy (non-hydrogen) atoms. The van der Waals surface area contributed by atoms with Crippen molar-refractivity contribution in [3.63, 3.8) is 0 Å². The van der Waals surface area contributed by atoms with Crippen LogP contribution in [-0.4, -0.2) is 94.0 Å². The third-order valence-corrected chi connectivity index (χ3v) is 13.7. The van der Waals surface area contributed by atoms with Gasteiger partial charge in [0.25, 0.3) is 0 Å². The van der Waals surface area contributed by atoms with Crippen LogP contribution >= 0.6 is 0 Å². The fourth-order valence-electron chi connectivity index (χ4n) is 10.9. The molecule has 0 bridgehead atoms. The molecule has 0 amide bonds. The Kier molecular flexibility index (Phi) is 8.74. The molecule has 4 aromatic carbocycles. The number of aliphatic hydroxyl groups is 1. The zero-order chi connectivity index (χ0) is 40.8. The van der Waals surface area contributed by atoms with Crippen molar-refractivity contribution in [3.8, 4) is 28.7 Å². The lowest BCUT2D eigenvalue weighted by molar-refractivity contribution is -0.135. The minimum atomic E-state index is -1.56. The molecule has 3 heterocycles. The number of carbonyl (C=O) groups excluding carboxylic acids is 3. The highest BCUT2D eigenvalue weighted by molar-refractivity contribution is 6.03. The number of ether oxygens (including phenoxy) is 4. The molecule has 0 aromatic heterocycles. The van der Waals surface area contributed by atoms with E-state index in [0.717, 1.165) is 43.7 Å². The molecule has 4 aromatic rings. The van der Waals surface area contributed by atoms with Crippen LogP contribution in [0.5, 0.6) is 28.7 Å². The van der Waals surface area contributed by atoms with Gasteiger partial charge in [-0.3, -0.25) is 9.69 Å². The number of nitrogens with one attached hydrogen (secondary N) is 1. The predicted octanol–water partition coefficient (Wildman–Crippen LogP) is 5.16. The lowest BCUT2D eigenvalue weighted by atomic mass is 9.55. The zero-order valence-corrected chi connectivity index (χ0v) is 32.2. The maximum absolute atomic E-state index is 14.1. The maximum Gasteiger partial charge on any atom is 0.340 e. The number of aromatic hydroxyl groups is 2. The van der Waals surface area contributed by atoms with E-state index in [9.17, 15) is 34.9 Å². The van der Waals surface area contributed by atoms with Crippen LogP contribution in [0.1, 0.15) is 87.1 Å². The van der Waals surface area contributed by atoms with Gasteiger partial charge in [0.2, 0.25) is 0 Å². The van der Waals surface area contributed by atoms with Crippen molar-refractivity contribution in [2.24, 2.45) is 22.4 Å². The number of phenolic OH excluding ortho intramolecular Hbond substituents is 2. The lowest BCUT2D eigenvalue weighted by Crippen LogP contribution is -2.46. The number of phenols is 2. The molecule has 10 rings (SSSR count). The van der Waals surface area contributed by atoms with Gasteiger partial charge in [0.1, 0.15) is 34.9 Å². The Morgan fingerprint density at radius 1 is 0.932 bits per heavy atom. The van der Waals surface area contributed by atoms with Crippen molar-refractivity contribution in [3.05, 3.63) is 112 Å². The molecule has 5 N–H and O–H groups in total. The summed E-state index contributed by atoms with van der Waals surface area (Å²) in [4.78, 5) is 42.4. The van der Waals surface area contributed by atoms with Crippen LogP contribution < -0.4 is 14.8 Å². The van der Waals surface area contributed by atoms with Gasteiger partial charge in [-0.05, 0) is 104 Å². The maximum atomic E-state index is 14.1. The molecular weight excluding hydrogens is 759 g/mol. The monoisotopic (exact) mass is 801 g/mol. The van der Waals surface area contributed by atoms with Crippen molar-refractivity contribution in [2.75, 3.05) is 32.7 Å². The summed E-state index contributed by atoms with van der Waals surface area (Å²) in [6.07, 6.45) is 0.455. The molecule has 1 spiro atoms. The number of rotatable bonds is 5. The Morgan fingerprint density at radius 2 is 1.66 bits per heavy atom. The molecule has 3 aliphatic heterocycles. The third kappa shape index (κ3) is 5.87. The number of hydrogen-bond donors (Lipinski definition) is 5. The van der Waals surface area contributed by atoms with Gasteiger partial charge in [0.15, 0.2) is 5.60 Å². The normalized spacial score (nSPS) is 27.9. The van der Waals surface area contributed by atoms with Gasteiger partial charge >= 0.3 is 17.9 Å². The SMILES string of the molecule is C[C@]12CC[C@@H]3c4ccc(OC(=O)CN5CCNCC5)cc4C(=NO)C[C@H]3[C@@H]1C[C@@H](OC(=O)c1ccc3c(c1)C1(OC3=O)c3ccc(O)cc3Oc3cc(O)ccc31)[C@@H]2O. The summed E-state index contributed by atoms with van der Waals surface area (Å²) in [5, 5.41) is 49.8.